The summed E-state index contributed by atoms with van der Waals surface area (Å²) in [4.78, 5) is 12.0. The highest BCUT2D eigenvalue weighted by Gasteiger charge is 2.05. The number of carbonyl (C=O) groups is 1. The van der Waals surface area contributed by atoms with Crippen LogP contribution < -0.4 is 4.74 Å². The third kappa shape index (κ3) is 3.47. The molecule has 82 valence electrons. The van der Waals surface area contributed by atoms with Crippen LogP contribution >= 0.6 is 11.8 Å². The van der Waals surface area contributed by atoms with E-state index >= 15 is 0 Å². The van der Waals surface area contributed by atoms with Crippen molar-refractivity contribution in [2.45, 2.75) is 11.8 Å². The lowest BCUT2D eigenvalue weighted by molar-refractivity contribution is -0.137. The van der Waals surface area contributed by atoms with Gasteiger partial charge in [0.25, 0.3) is 0 Å². The van der Waals surface area contributed by atoms with Gasteiger partial charge in [0.15, 0.2) is 0 Å². The van der Waals surface area contributed by atoms with Crippen LogP contribution in [0, 0.1) is 6.92 Å². The Bertz CT molecular complexity index is 350. The van der Waals surface area contributed by atoms with E-state index in [0.29, 0.717) is 5.75 Å². The van der Waals surface area contributed by atoms with E-state index in [2.05, 4.69) is 4.74 Å². The molecule has 0 radical (unpaired) electrons. The van der Waals surface area contributed by atoms with Gasteiger partial charge in [0.2, 0.25) is 0 Å². The van der Waals surface area contributed by atoms with Gasteiger partial charge >= 0.3 is 5.97 Å². The van der Waals surface area contributed by atoms with Crippen LogP contribution in [0.25, 0.3) is 0 Å². The first-order valence-corrected chi connectivity index (χ1v) is 5.50. The van der Waals surface area contributed by atoms with E-state index in [-0.39, 0.29) is 5.97 Å². The van der Waals surface area contributed by atoms with Crippen LogP contribution in [0.2, 0.25) is 0 Å². The van der Waals surface area contributed by atoms with E-state index in [9.17, 15) is 4.79 Å². The minimum absolute atomic E-state index is 0.213. The number of thioether (sulfide) groups is 1. The molecule has 0 saturated carbocycles. The van der Waals surface area contributed by atoms with E-state index in [1.54, 1.807) is 7.11 Å². The standard InChI is InChI=1S/C11H14O3S/c1-8-6-9(13-2)4-5-10(8)15-7-11(12)14-3/h4-6H,7H2,1-3H3. The Morgan fingerprint density at radius 3 is 2.67 bits per heavy atom. The summed E-state index contributed by atoms with van der Waals surface area (Å²) in [5.74, 6) is 0.953. The highest BCUT2D eigenvalue weighted by Crippen LogP contribution is 2.25. The Kier molecular flexibility index (Phi) is 4.49. The quantitative estimate of drug-likeness (QED) is 0.583. The molecule has 0 amide bonds. The van der Waals surface area contributed by atoms with E-state index in [1.807, 2.05) is 25.1 Å². The highest BCUT2D eigenvalue weighted by molar-refractivity contribution is 8.00. The van der Waals surface area contributed by atoms with E-state index in [0.717, 1.165) is 16.2 Å². The minimum Gasteiger partial charge on any atom is -0.497 e. The minimum atomic E-state index is -0.213. The van der Waals surface area contributed by atoms with E-state index in [1.165, 1.54) is 18.9 Å². The molecular formula is C11H14O3S. The molecule has 0 bridgehead atoms. The monoisotopic (exact) mass is 226 g/mol. The molecule has 0 heterocycles. The fourth-order valence-electron chi connectivity index (χ4n) is 1.11. The van der Waals surface area contributed by atoms with Crippen molar-refractivity contribution in [3.63, 3.8) is 0 Å². The van der Waals surface area contributed by atoms with Gasteiger partial charge in [-0.05, 0) is 30.7 Å². The smallest absolute Gasteiger partial charge is 0.315 e. The zero-order valence-corrected chi connectivity index (χ0v) is 9.89. The van der Waals surface area contributed by atoms with Gasteiger partial charge in [-0.3, -0.25) is 4.79 Å². The van der Waals surface area contributed by atoms with Crippen molar-refractivity contribution >= 4 is 17.7 Å². The number of benzene rings is 1. The fraction of sp³-hybridized carbons (Fsp3) is 0.364. The van der Waals surface area contributed by atoms with Gasteiger partial charge in [0, 0.05) is 4.90 Å². The van der Waals surface area contributed by atoms with E-state index in [4.69, 9.17) is 4.74 Å². The first-order chi connectivity index (χ1) is 7.17. The molecule has 0 atom stereocenters. The maximum Gasteiger partial charge on any atom is 0.315 e. The van der Waals surface area contributed by atoms with Crippen LogP contribution in [0.3, 0.4) is 0 Å². The first kappa shape index (κ1) is 11.9. The fourth-order valence-corrected chi connectivity index (χ4v) is 1.95. The third-order valence-corrected chi connectivity index (χ3v) is 3.10. The topological polar surface area (TPSA) is 35.5 Å². The number of ether oxygens (including phenoxy) is 2. The van der Waals surface area contributed by atoms with Crippen LogP contribution in [0.4, 0.5) is 0 Å². The molecule has 3 nitrogen and oxygen atoms in total. The molecule has 0 aliphatic heterocycles. The van der Waals surface area contributed by atoms with Gasteiger partial charge in [0.05, 0.1) is 20.0 Å². The van der Waals surface area contributed by atoms with Crippen molar-refractivity contribution in [3.05, 3.63) is 23.8 Å². The molecule has 0 aliphatic rings. The van der Waals surface area contributed by atoms with Crippen molar-refractivity contribution in [2.75, 3.05) is 20.0 Å². The van der Waals surface area contributed by atoms with Crippen LogP contribution in [0.5, 0.6) is 5.75 Å². The lowest BCUT2D eigenvalue weighted by atomic mass is 10.2. The highest BCUT2D eigenvalue weighted by atomic mass is 32.2. The summed E-state index contributed by atoms with van der Waals surface area (Å²) in [7, 11) is 3.03. The Labute approximate surface area is 93.8 Å². The molecule has 15 heavy (non-hydrogen) atoms. The molecule has 0 aliphatic carbocycles. The average Bonchev–Trinajstić information content (AvgIpc) is 2.26. The van der Waals surface area contributed by atoms with Crippen LogP contribution in [-0.2, 0) is 9.53 Å². The molecule has 1 rings (SSSR count). The van der Waals surface area contributed by atoms with Gasteiger partial charge in [-0.15, -0.1) is 11.8 Å². The Morgan fingerprint density at radius 2 is 2.13 bits per heavy atom. The summed E-state index contributed by atoms with van der Waals surface area (Å²) in [6.45, 7) is 1.99. The zero-order chi connectivity index (χ0) is 11.3. The van der Waals surface area contributed by atoms with Crippen molar-refractivity contribution in [1.82, 2.24) is 0 Å². The van der Waals surface area contributed by atoms with Crippen LogP contribution in [-0.4, -0.2) is 25.9 Å². The molecular weight excluding hydrogens is 212 g/mol. The second-order valence-electron chi connectivity index (χ2n) is 3.00. The van der Waals surface area contributed by atoms with Crippen molar-refractivity contribution in [3.8, 4) is 5.75 Å². The average molecular weight is 226 g/mol. The maximum atomic E-state index is 11.0. The summed E-state index contributed by atoms with van der Waals surface area (Å²) in [6.07, 6.45) is 0. The van der Waals surface area contributed by atoms with Crippen LogP contribution in [0.15, 0.2) is 23.1 Å². The Hall–Kier alpha value is -1.16. The van der Waals surface area contributed by atoms with Gasteiger partial charge in [-0.2, -0.15) is 0 Å². The number of hydrogen-bond acceptors (Lipinski definition) is 4. The summed E-state index contributed by atoms with van der Waals surface area (Å²) >= 11 is 1.47. The largest absolute Gasteiger partial charge is 0.497 e. The molecule has 0 saturated heterocycles. The lowest BCUT2D eigenvalue weighted by Crippen LogP contribution is -2.03. The lowest BCUT2D eigenvalue weighted by Gasteiger charge is -2.06. The van der Waals surface area contributed by atoms with Crippen molar-refractivity contribution in [2.24, 2.45) is 0 Å². The maximum absolute atomic E-state index is 11.0. The molecule has 0 N–H and O–H groups in total. The first-order valence-electron chi connectivity index (χ1n) is 4.51. The predicted octanol–water partition coefficient (Wildman–Crippen LogP) is 2.27. The SMILES string of the molecule is COC(=O)CSc1ccc(OC)cc1C. The Morgan fingerprint density at radius 1 is 1.40 bits per heavy atom. The molecule has 0 aromatic heterocycles. The van der Waals surface area contributed by atoms with Crippen LogP contribution in [0.1, 0.15) is 5.56 Å². The molecule has 0 unspecified atom stereocenters. The third-order valence-electron chi connectivity index (χ3n) is 1.96. The second kappa shape index (κ2) is 5.66. The normalized spacial score (nSPS) is 9.80. The predicted molar refractivity (Wildman–Crippen MR) is 60.5 cm³/mol. The molecule has 1 aromatic rings. The number of aryl methyl sites for hydroxylation is 1. The molecule has 0 spiro atoms. The summed E-state index contributed by atoms with van der Waals surface area (Å²) in [5.41, 5.74) is 1.10. The number of hydrogen-bond donors (Lipinski definition) is 0. The van der Waals surface area contributed by atoms with Gasteiger partial charge in [0.1, 0.15) is 5.75 Å². The van der Waals surface area contributed by atoms with E-state index < -0.39 is 0 Å². The molecule has 4 heteroatoms. The van der Waals surface area contributed by atoms with Crippen molar-refractivity contribution < 1.29 is 14.3 Å². The summed E-state index contributed by atoms with van der Waals surface area (Å²) < 4.78 is 9.67. The summed E-state index contributed by atoms with van der Waals surface area (Å²) in [6, 6.07) is 5.77. The summed E-state index contributed by atoms with van der Waals surface area (Å²) in [5, 5.41) is 0. The molecule has 0 fully saturated rings. The number of methoxy groups -OCH3 is 2. The molecule has 1 aromatic carbocycles. The van der Waals surface area contributed by atoms with Gasteiger partial charge in [-0.1, -0.05) is 0 Å². The Balaban J connectivity index is 2.66. The number of rotatable bonds is 4. The second-order valence-corrected chi connectivity index (χ2v) is 4.01. The number of esters is 1. The number of carbonyl (C=O) groups excluding carboxylic acids is 1. The van der Waals surface area contributed by atoms with Gasteiger partial charge in [-0.25, -0.2) is 0 Å². The zero-order valence-electron chi connectivity index (χ0n) is 9.07. The van der Waals surface area contributed by atoms with Crippen molar-refractivity contribution in [1.29, 1.82) is 0 Å². The van der Waals surface area contributed by atoms with Gasteiger partial charge < -0.3 is 9.47 Å².